The van der Waals surface area contributed by atoms with Gasteiger partial charge in [0.05, 0.1) is 0 Å². The lowest BCUT2D eigenvalue weighted by Gasteiger charge is -1.95. The van der Waals surface area contributed by atoms with Crippen LogP contribution in [-0.2, 0) is 15.9 Å². The molecule has 0 radical (unpaired) electrons. The molecule has 0 aromatic rings. The van der Waals surface area contributed by atoms with Gasteiger partial charge in [-0.3, -0.25) is 4.79 Å². The van der Waals surface area contributed by atoms with Gasteiger partial charge in [0.25, 0.3) is 0 Å². The van der Waals surface area contributed by atoms with Gasteiger partial charge in [0.1, 0.15) is 16.5 Å². The zero-order valence-corrected chi connectivity index (χ0v) is 6.91. The Balaban J connectivity index is 2.20. The molecule has 1 atom stereocenters. The first-order valence-electron chi connectivity index (χ1n) is 3.47. The van der Waals surface area contributed by atoms with Gasteiger partial charge in [-0.15, -0.1) is 4.72 Å². The molecule has 56 valence electrons. The van der Waals surface area contributed by atoms with Crippen LogP contribution in [0.1, 0.15) is 13.3 Å². The van der Waals surface area contributed by atoms with Crippen molar-refractivity contribution in [1.29, 1.82) is 0 Å². The number of rotatable bonds is 3. The fourth-order valence-electron chi connectivity index (χ4n) is 0.740. The Morgan fingerprint density at radius 3 is 3.10 bits per heavy atom. The number of hydrogen-bond acceptors (Lipinski definition) is 2. The van der Waals surface area contributed by atoms with E-state index < -0.39 is 0 Å². The quantitative estimate of drug-likeness (QED) is 0.610. The van der Waals surface area contributed by atoms with Crippen molar-refractivity contribution in [2.24, 2.45) is 0 Å². The largest absolute Gasteiger partial charge is 0.289 e. The van der Waals surface area contributed by atoms with Gasteiger partial charge in [0.2, 0.25) is 5.78 Å². The molecule has 1 unspecified atom stereocenters. The molecule has 2 nitrogen and oxygen atoms in total. The summed E-state index contributed by atoms with van der Waals surface area (Å²) in [6.45, 7) is 3.14. The number of hydrogen-bond donors (Lipinski definition) is 1. The van der Waals surface area contributed by atoms with E-state index in [9.17, 15) is 4.79 Å². The normalized spacial score (nSPS) is 24.1. The lowest BCUT2D eigenvalue weighted by molar-refractivity contribution is -0.112. The zero-order valence-electron chi connectivity index (χ0n) is 6.09. The molecule has 0 saturated carbocycles. The van der Waals surface area contributed by atoms with Crippen LogP contribution in [0.3, 0.4) is 0 Å². The van der Waals surface area contributed by atoms with Crippen LogP contribution >= 0.6 is 0 Å². The van der Waals surface area contributed by atoms with E-state index in [1.807, 2.05) is 5.41 Å². The number of carbonyl (C=O) groups excluding carboxylic acids is 1. The maximum absolute atomic E-state index is 10.7. The van der Waals surface area contributed by atoms with Gasteiger partial charge >= 0.3 is 0 Å². The molecule has 1 heterocycles. The number of nitrogens with one attached hydrogen (secondary N) is 1. The van der Waals surface area contributed by atoms with Gasteiger partial charge in [0.15, 0.2) is 5.75 Å². The molecule has 0 aliphatic carbocycles. The third kappa shape index (κ3) is 2.15. The second kappa shape index (κ2) is 3.78. The lowest BCUT2D eigenvalue weighted by atomic mass is 10.5. The van der Waals surface area contributed by atoms with E-state index in [1.54, 1.807) is 6.08 Å². The number of carbonyl (C=O) groups is 1. The molecule has 1 aliphatic heterocycles. The SMILES string of the molecule is CCCN[S+]1C=CC(=O)C1. The van der Waals surface area contributed by atoms with E-state index >= 15 is 0 Å². The molecule has 0 bridgehead atoms. The monoisotopic (exact) mass is 158 g/mol. The summed E-state index contributed by atoms with van der Waals surface area (Å²) in [6, 6.07) is 0. The van der Waals surface area contributed by atoms with Crippen LogP contribution < -0.4 is 4.72 Å². The van der Waals surface area contributed by atoms with Crippen LogP contribution in [-0.4, -0.2) is 18.1 Å². The molecule has 0 aromatic carbocycles. The fraction of sp³-hybridized carbons (Fsp3) is 0.571. The van der Waals surface area contributed by atoms with Gasteiger partial charge in [-0.25, -0.2) is 0 Å². The van der Waals surface area contributed by atoms with Crippen LogP contribution in [0.2, 0.25) is 0 Å². The average molecular weight is 158 g/mol. The Morgan fingerprint density at radius 2 is 2.60 bits per heavy atom. The molecule has 0 spiro atoms. The summed E-state index contributed by atoms with van der Waals surface area (Å²) in [4.78, 5) is 10.7. The van der Waals surface area contributed by atoms with Crippen molar-refractivity contribution < 1.29 is 4.79 Å². The summed E-state index contributed by atoms with van der Waals surface area (Å²) in [5.41, 5.74) is 0. The van der Waals surface area contributed by atoms with Gasteiger partial charge in [0, 0.05) is 12.6 Å². The van der Waals surface area contributed by atoms with E-state index in [0.29, 0.717) is 5.75 Å². The summed E-state index contributed by atoms with van der Waals surface area (Å²) >= 11 is 0.0626. The van der Waals surface area contributed by atoms with Crippen molar-refractivity contribution in [3.05, 3.63) is 11.5 Å². The standard InChI is InChI=1S/C7H12NOS/c1-2-4-8-10-5-3-7(9)6-10/h3,5,8H,2,4,6H2,1H3/q+1. The molecule has 0 amide bonds. The smallest absolute Gasteiger partial charge is 0.211 e. The lowest BCUT2D eigenvalue weighted by Crippen LogP contribution is -2.24. The average Bonchev–Trinajstić information content (AvgIpc) is 2.31. The third-order valence-electron chi connectivity index (χ3n) is 1.25. The van der Waals surface area contributed by atoms with Crippen molar-refractivity contribution in [2.75, 3.05) is 12.3 Å². The van der Waals surface area contributed by atoms with Crippen molar-refractivity contribution in [3.63, 3.8) is 0 Å². The summed E-state index contributed by atoms with van der Waals surface area (Å²) in [5, 5.41) is 1.97. The highest BCUT2D eigenvalue weighted by Crippen LogP contribution is 2.03. The predicted molar refractivity (Wildman–Crippen MR) is 44.7 cm³/mol. The minimum Gasteiger partial charge on any atom is -0.289 e. The Kier molecular flexibility index (Phi) is 2.96. The zero-order chi connectivity index (χ0) is 7.40. The molecule has 1 rings (SSSR count). The number of ketones is 1. The Morgan fingerprint density at radius 1 is 1.80 bits per heavy atom. The maximum Gasteiger partial charge on any atom is 0.211 e. The fourth-order valence-corrected chi connectivity index (χ4v) is 2.22. The Hall–Kier alpha value is -0.280. The summed E-state index contributed by atoms with van der Waals surface area (Å²) in [6.07, 6.45) is 2.80. The molecule has 3 heteroatoms. The topological polar surface area (TPSA) is 29.1 Å². The van der Waals surface area contributed by atoms with Crippen LogP contribution in [0.25, 0.3) is 0 Å². The second-order valence-corrected chi connectivity index (χ2v) is 3.94. The highest BCUT2D eigenvalue weighted by Gasteiger charge is 2.24. The highest BCUT2D eigenvalue weighted by molar-refractivity contribution is 7.99. The van der Waals surface area contributed by atoms with Crippen LogP contribution in [0.15, 0.2) is 11.5 Å². The van der Waals surface area contributed by atoms with E-state index in [4.69, 9.17) is 0 Å². The second-order valence-electron chi connectivity index (χ2n) is 2.24. The van der Waals surface area contributed by atoms with Crippen LogP contribution in [0.5, 0.6) is 0 Å². The molecule has 0 fully saturated rings. The van der Waals surface area contributed by atoms with E-state index in [2.05, 4.69) is 11.6 Å². The van der Waals surface area contributed by atoms with Gasteiger partial charge in [-0.05, 0) is 6.42 Å². The molecule has 1 aliphatic rings. The first-order chi connectivity index (χ1) is 4.83. The molecule has 1 N–H and O–H groups in total. The summed E-state index contributed by atoms with van der Waals surface area (Å²) < 4.78 is 3.28. The summed E-state index contributed by atoms with van der Waals surface area (Å²) in [7, 11) is 0. The van der Waals surface area contributed by atoms with Gasteiger partial charge in [-0.1, -0.05) is 6.92 Å². The third-order valence-corrected chi connectivity index (χ3v) is 2.89. The first kappa shape index (κ1) is 7.82. The summed E-state index contributed by atoms with van der Waals surface area (Å²) in [5.74, 6) is 0.937. The first-order valence-corrected chi connectivity index (χ1v) is 4.93. The molecular formula is C7H12NOS+. The Labute approximate surface area is 64.2 Å². The van der Waals surface area contributed by atoms with Crippen LogP contribution in [0.4, 0.5) is 0 Å². The molecular weight excluding hydrogens is 146 g/mol. The van der Waals surface area contributed by atoms with Gasteiger partial charge < -0.3 is 0 Å². The highest BCUT2D eigenvalue weighted by atomic mass is 32.2. The van der Waals surface area contributed by atoms with E-state index in [1.165, 1.54) is 0 Å². The van der Waals surface area contributed by atoms with Crippen molar-refractivity contribution >= 4 is 16.9 Å². The van der Waals surface area contributed by atoms with Gasteiger partial charge in [-0.2, -0.15) is 0 Å². The molecule has 0 saturated heterocycles. The van der Waals surface area contributed by atoms with Crippen molar-refractivity contribution in [3.8, 4) is 0 Å². The molecule has 10 heavy (non-hydrogen) atoms. The minimum absolute atomic E-state index is 0.0626. The van der Waals surface area contributed by atoms with Crippen molar-refractivity contribution in [2.45, 2.75) is 13.3 Å². The van der Waals surface area contributed by atoms with Crippen molar-refractivity contribution in [1.82, 2.24) is 4.72 Å². The predicted octanol–water partition coefficient (Wildman–Crippen LogP) is 0.616. The maximum atomic E-state index is 10.7. The molecule has 0 aromatic heterocycles. The number of allylic oxidation sites excluding steroid dienone is 1. The van der Waals surface area contributed by atoms with Crippen LogP contribution in [0, 0.1) is 0 Å². The Bertz CT molecular complexity index is 156. The van der Waals surface area contributed by atoms with E-state index in [-0.39, 0.29) is 16.9 Å². The van der Waals surface area contributed by atoms with E-state index in [0.717, 1.165) is 13.0 Å². The minimum atomic E-state index is 0.0626.